The fourth-order valence-corrected chi connectivity index (χ4v) is 4.83. The van der Waals surface area contributed by atoms with E-state index in [1.165, 1.54) is 18.1 Å². The molecule has 2 aliphatic rings. The fraction of sp³-hybridized carbons (Fsp3) is 0.259. The first-order valence-electron chi connectivity index (χ1n) is 11.2. The van der Waals surface area contributed by atoms with E-state index >= 15 is 0 Å². The number of hydrogen-bond acceptors (Lipinski definition) is 4. The lowest BCUT2D eigenvalue weighted by atomic mass is 10.00. The van der Waals surface area contributed by atoms with E-state index in [0.717, 1.165) is 30.8 Å². The van der Waals surface area contributed by atoms with Gasteiger partial charge < -0.3 is 10.6 Å². The van der Waals surface area contributed by atoms with Crippen LogP contribution in [-0.2, 0) is 13.1 Å². The Balaban J connectivity index is 1.29. The number of hydrogen-bond donors (Lipinski definition) is 2. The molecule has 3 aromatic carbocycles. The minimum absolute atomic E-state index is 0.269. The molecule has 3 aromatic rings. The maximum atomic E-state index is 14.7. The lowest BCUT2D eigenvalue weighted by molar-refractivity contribution is 0.0951. The number of halogens is 1. The maximum absolute atomic E-state index is 14.7. The number of benzene rings is 3. The van der Waals surface area contributed by atoms with Gasteiger partial charge in [0.1, 0.15) is 5.82 Å². The summed E-state index contributed by atoms with van der Waals surface area (Å²) in [4.78, 5) is 15.0. The van der Waals surface area contributed by atoms with Gasteiger partial charge in [0.2, 0.25) is 0 Å². The molecule has 2 heterocycles. The zero-order valence-electron chi connectivity index (χ0n) is 18.2. The van der Waals surface area contributed by atoms with Gasteiger partial charge in [0.25, 0.3) is 5.91 Å². The number of carbonyl (C=O) groups is 1. The molecule has 2 fully saturated rings. The predicted octanol–water partition coefficient (Wildman–Crippen LogP) is 3.84. The van der Waals surface area contributed by atoms with Crippen LogP contribution in [0, 0.1) is 17.1 Å². The molecular formula is C27H25FN4O. The summed E-state index contributed by atoms with van der Waals surface area (Å²) in [6.07, 6.45) is 1.21. The van der Waals surface area contributed by atoms with Crippen molar-refractivity contribution in [2.75, 3.05) is 13.1 Å². The molecule has 0 aliphatic carbocycles. The molecule has 33 heavy (non-hydrogen) atoms. The number of nitriles is 1. The average Bonchev–Trinajstić information content (AvgIpc) is 3.47. The summed E-state index contributed by atoms with van der Waals surface area (Å²) < 4.78 is 14.7. The highest BCUT2D eigenvalue weighted by Crippen LogP contribution is 2.28. The SMILES string of the molecule is N#Cc1cccc(C(=O)NCc2ccc(F)c(-c3cccc(CN4C[C@@H]5CC4CN5)c3)c2)c1. The van der Waals surface area contributed by atoms with E-state index in [-0.39, 0.29) is 18.3 Å². The summed E-state index contributed by atoms with van der Waals surface area (Å²) in [5.74, 6) is -0.553. The second-order valence-electron chi connectivity index (χ2n) is 8.81. The zero-order chi connectivity index (χ0) is 22.8. The van der Waals surface area contributed by atoms with E-state index < -0.39 is 0 Å². The maximum Gasteiger partial charge on any atom is 0.251 e. The third-order valence-electron chi connectivity index (χ3n) is 6.53. The molecule has 0 saturated carbocycles. The van der Waals surface area contributed by atoms with Crippen molar-refractivity contribution in [3.63, 3.8) is 0 Å². The van der Waals surface area contributed by atoms with Crippen LogP contribution in [0.15, 0.2) is 66.7 Å². The minimum Gasteiger partial charge on any atom is -0.348 e. The van der Waals surface area contributed by atoms with Gasteiger partial charge in [-0.15, -0.1) is 0 Å². The van der Waals surface area contributed by atoms with Crippen LogP contribution in [0.5, 0.6) is 0 Å². The van der Waals surface area contributed by atoms with Gasteiger partial charge in [0.05, 0.1) is 11.6 Å². The highest BCUT2D eigenvalue weighted by molar-refractivity contribution is 5.94. The van der Waals surface area contributed by atoms with Gasteiger partial charge in [-0.25, -0.2) is 4.39 Å². The number of carbonyl (C=O) groups excluding carboxylic acids is 1. The molecule has 1 unspecified atom stereocenters. The molecular weight excluding hydrogens is 415 g/mol. The molecule has 0 radical (unpaired) electrons. The van der Waals surface area contributed by atoms with Crippen molar-refractivity contribution < 1.29 is 9.18 Å². The topological polar surface area (TPSA) is 68.2 Å². The third-order valence-corrected chi connectivity index (χ3v) is 6.53. The Kier molecular flexibility index (Phi) is 5.91. The Labute approximate surface area is 192 Å². The number of fused-ring (bicyclic) bond motifs is 2. The normalized spacial score (nSPS) is 19.4. The molecule has 0 aromatic heterocycles. The summed E-state index contributed by atoms with van der Waals surface area (Å²) in [6, 6.07) is 22.8. The summed E-state index contributed by atoms with van der Waals surface area (Å²) in [5.41, 5.74) is 4.21. The summed E-state index contributed by atoms with van der Waals surface area (Å²) in [7, 11) is 0. The first-order valence-corrected chi connectivity index (χ1v) is 11.2. The molecule has 0 spiro atoms. The second-order valence-corrected chi connectivity index (χ2v) is 8.81. The van der Waals surface area contributed by atoms with E-state index in [1.807, 2.05) is 18.2 Å². The van der Waals surface area contributed by atoms with Gasteiger partial charge in [-0.05, 0) is 59.5 Å². The molecule has 166 valence electrons. The lowest BCUT2D eigenvalue weighted by Crippen LogP contribution is -2.42. The van der Waals surface area contributed by atoms with Crippen molar-refractivity contribution in [1.82, 2.24) is 15.5 Å². The molecule has 2 atom stereocenters. The number of likely N-dealkylation sites (tertiary alicyclic amines) is 1. The highest BCUT2D eigenvalue weighted by Gasteiger charge is 2.37. The van der Waals surface area contributed by atoms with Gasteiger partial charge in [-0.3, -0.25) is 9.69 Å². The van der Waals surface area contributed by atoms with Gasteiger partial charge in [-0.1, -0.05) is 30.3 Å². The van der Waals surface area contributed by atoms with Crippen LogP contribution >= 0.6 is 0 Å². The largest absolute Gasteiger partial charge is 0.348 e. The van der Waals surface area contributed by atoms with Gasteiger partial charge in [0.15, 0.2) is 0 Å². The smallest absolute Gasteiger partial charge is 0.251 e. The number of nitrogens with one attached hydrogen (secondary N) is 2. The Morgan fingerprint density at radius 2 is 2.00 bits per heavy atom. The number of amides is 1. The van der Waals surface area contributed by atoms with Gasteiger partial charge in [0, 0.05) is 49.4 Å². The van der Waals surface area contributed by atoms with Crippen molar-refractivity contribution in [2.24, 2.45) is 0 Å². The molecule has 1 amide bonds. The van der Waals surface area contributed by atoms with E-state index in [2.05, 4.69) is 27.7 Å². The number of nitrogens with zero attached hydrogens (tertiary/aromatic N) is 2. The van der Waals surface area contributed by atoms with Crippen molar-refractivity contribution in [3.05, 3.63) is 94.8 Å². The van der Waals surface area contributed by atoms with Crippen molar-refractivity contribution in [3.8, 4) is 17.2 Å². The van der Waals surface area contributed by atoms with Crippen molar-refractivity contribution in [2.45, 2.75) is 31.6 Å². The minimum atomic E-state index is -0.284. The highest BCUT2D eigenvalue weighted by atomic mass is 19.1. The molecule has 2 saturated heterocycles. The standard InChI is InChI=1S/C27H25FN4O/c28-26-8-7-19(14-31-27(33)22-6-1-3-18(9-22)13-29)11-25(26)21-5-2-4-20(10-21)16-32-17-23-12-24(32)15-30-23/h1-11,23-24,30H,12,14-17H2,(H,31,33)/t23-,24?/m0/s1. The zero-order valence-corrected chi connectivity index (χ0v) is 18.2. The first-order chi connectivity index (χ1) is 16.1. The third kappa shape index (κ3) is 4.65. The monoisotopic (exact) mass is 440 g/mol. The van der Waals surface area contributed by atoms with Gasteiger partial charge in [-0.2, -0.15) is 5.26 Å². The number of piperazine rings is 1. The predicted molar refractivity (Wildman–Crippen MR) is 125 cm³/mol. The Morgan fingerprint density at radius 3 is 2.79 bits per heavy atom. The van der Waals surface area contributed by atoms with E-state index in [4.69, 9.17) is 5.26 Å². The lowest BCUT2D eigenvalue weighted by Gasteiger charge is -2.27. The molecule has 2 N–H and O–H groups in total. The Bertz CT molecular complexity index is 1230. The molecule has 2 bridgehead atoms. The van der Waals surface area contributed by atoms with Crippen molar-refractivity contribution in [1.29, 1.82) is 5.26 Å². The second kappa shape index (κ2) is 9.14. The first kappa shape index (κ1) is 21.3. The van der Waals surface area contributed by atoms with E-state index in [0.29, 0.717) is 28.8 Å². The molecule has 5 nitrogen and oxygen atoms in total. The van der Waals surface area contributed by atoms with E-state index in [9.17, 15) is 9.18 Å². The van der Waals surface area contributed by atoms with Crippen LogP contribution in [-0.4, -0.2) is 36.0 Å². The average molecular weight is 441 g/mol. The van der Waals surface area contributed by atoms with Crippen LogP contribution in [0.4, 0.5) is 4.39 Å². The molecule has 5 rings (SSSR count). The van der Waals surface area contributed by atoms with Crippen LogP contribution in [0.3, 0.4) is 0 Å². The summed E-state index contributed by atoms with van der Waals surface area (Å²) in [5, 5.41) is 15.4. The van der Waals surface area contributed by atoms with Gasteiger partial charge >= 0.3 is 0 Å². The van der Waals surface area contributed by atoms with Crippen LogP contribution < -0.4 is 10.6 Å². The molecule has 6 heteroatoms. The summed E-state index contributed by atoms with van der Waals surface area (Å²) >= 11 is 0. The van der Waals surface area contributed by atoms with E-state index in [1.54, 1.807) is 36.4 Å². The Morgan fingerprint density at radius 1 is 1.12 bits per heavy atom. The van der Waals surface area contributed by atoms with Crippen LogP contribution in [0.25, 0.3) is 11.1 Å². The van der Waals surface area contributed by atoms with Crippen LogP contribution in [0.1, 0.15) is 33.5 Å². The van der Waals surface area contributed by atoms with Crippen LogP contribution in [0.2, 0.25) is 0 Å². The number of rotatable bonds is 6. The summed E-state index contributed by atoms with van der Waals surface area (Å²) in [6.45, 7) is 3.26. The molecule has 2 aliphatic heterocycles. The van der Waals surface area contributed by atoms with Crippen molar-refractivity contribution >= 4 is 5.91 Å². The fourth-order valence-electron chi connectivity index (χ4n) is 4.83. The quantitative estimate of drug-likeness (QED) is 0.611. The Hall–Kier alpha value is -3.53.